The lowest BCUT2D eigenvalue weighted by Gasteiger charge is -2.36. The van der Waals surface area contributed by atoms with Crippen molar-refractivity contribution in [1.29, 1.82) is 5.26 Å². The first kappa shape index (κ1) is 27.2. The molecule has 42 heavy (non-hydrogen) atoms. The van der Waals surface area contributed by atoms with Crippen molar-refractivity contribution >= 4 is 27.9 Å². The van der Waals surface area contributed by atoms with Crippen molar-refractivity contribution in [3.8, 4) is 29.1 Å². The second-order valence-electron chi connectivity index (χ2n) is 10.2. The van der Waals surface area contributed by atoms with Crippen molar-refractivity contribution in [2.24, 2.45) is 0 Å². The number of halogens is 2. The minimum atomic E-state index is -3.08. The molecule has 0 aliphatic carbocycles. The number of anilines is 2. The number of ether oxygens (including phenoxy) is 3. The van der Waals surface area contributed by atoms with E-state index in [1.54, 1.807) is 65.4 Å². The van der Waals surface area contributed by atoms with Crippen molar-refractivity contribution in [3.05, 3.63) is 72.3 Å². The van der Waals surface area contributed by atoms with Crippen LogP contribution >= 0.6 is 0 Å². The van der Waals surface area contributed by atoms with E-state index >= 15 is 8.78 Å². The van der Waals surface area contributed by atoms with Crippen LogP contribution in [0.2, 0.25) is 0 Å². The van der Waals surface area contributed by atoms with Gasteiger partial charge < -0.3 is 24.4 Å². The highest BCUT2D eigenvalue weighted by Crippen LogP contribution is 2.44. The van der Waals surface area contributed by atoms with Crippen LogP contribution in [0.1, 0.15) is 17.5 Å². The van der Waals surface area contributed by atoms with Gasteiger partial charge in [-0.25, -0.2) is 18.3 Å². The summed E-state index contributed by atoms with van der Waals surface area (Å²) < 4.78 is 49.3. The molecule has 0 bridgehead atoms. The standard InChI is InChI=1S/C30H27F2N7O3/c1-18-12-20(4-6-23(18)41-21-15-35-26-8-10-36-39(26)16-21)37-28-19(13-33)14-34-22-5-7-24(40-3)29(27(22)28)42-25-9-11-38(2)17-30(25,31)32/h4-8,10,12,14-16,25H,9,11,17H2,1-3H3,(H,34,37)/t25-/m0/s1. The molecule has 1 atom stereocenters. The number of pyridine rings is 1. The van der Waals surface area contributed by atoms with Gasteiger partial charge >= 0.3 is 0 Å². The largest absolute Gasteiger partial charge is 0.493 e. The monoisotopic (exact) mass is 571 g/mol. The van der Waals surface area contributed by atoms with Crippen LogP contribution in [0.5, 0.6) is 23.0 Å². The van der Waals surface area contributed by atoms with E-state index in [0.29, 0.717) is 46.0 Å². The van der Waals surface area contributed by atoms with Crippen LogP contribution in [-0.4, -0.2) is 63.8 Å². The topological polar surface area (TPSA) is 110 Å². The number of rotatable bonds is 7. The van der Waals surface area contributed by atoms with Gasteiger partial charge in [0.1, 0.15) is 11.8 Å². The Bertz CT molecular complexity index is 1840. The van der Waals surface area contributed by atoms with Gasteiger partial charge in [0.25, 0.3) is 5.92 Å². The first-order chi connectivity index (χ1) is 20.3. The number of fused-ring (bicyclic) bond motifs is 2. The summed E-state index contributed by atoms with van der Waals surface area (Å²) in [6.07, 6.45) is 5.20. The van der Waals surface area contributed by atoms with E-state index in [-0.39, 0.29) is 23.5 Å². The summed E-state index contributed by atoms with van der Waals surface area (Å²) in [5, 5.41) is 17.8. The fourth-order valence-electron chi connectivity index (χ4n) is 5.06. The Labute approximate surface area is 240 Å². The maximum atomic E-state index is 15.0. The molecular weight excluding hydrogens is 544 g/mol. The van der Waals surface area contributed by atoms with Crippen LogP contribution in [0, 0.1) is 18.3 Å². The Morgan fingerprint density at radius 2 is 1.95 bits per heavy atom. The average molecular weight is 572 g/mol. The number of aromatic nitrogens is 4. The maximum Gasteiger partial charge on any atom is 0.296 e. The van der Waals surface area contributed by atoms with Gasteiger partial charge in [0.05, 0.1) is 54.4 Å². The second kappa shape index (κ2) is 10.8. The molecule has 4 heterocycles. The van der Waals surface area contributed by atoms with Gasteiger partial charge in [0.2, 0.25) is 0 Å². The van der Waals surface area contributed by atoms with Crippen LogP contribution in [0.15, 0.2) is 61.2 Å². The molecule has 1 aliphatic rings. The predicted octanol–water partition coefficient (Wildman–Crippen LogP) is 5.72. The minimum Gasteiger partial charge on any atom is -0.493 e. The Kier molecular flexibility index (Phi) is 6.96. The molecule has 1 aliphatic heterocycles. The van der Waals surface area contributed by atoms with Crippen molar-refractivity contribution in [3.63, 3.8) is 0 Å². The minimum absolute atomic E-state index is 0.106. The van der Waals surface area contributed by atoms with E-state index in [0.717, 1.165) is 5.56 Å². The molecule has 5 aromatic rings. The van der Waals surface area contributed by atoms with Crippen molar-refractivity contribution in [2.75, 3.05) is 32.6 Å². The number of nitriles is 1. The summed E-state index contributed by atoms with van der Waals surface area (Å²) in [6, 6.07) is 12.7. The molecule has 214 valence electrons. The van der Waals surface area contributed by atoms with Crippen molar-refractivity contribution in [2.45, 2.75) is 25.4 Å². The number of nitrogens with zero attached hydrogens (tertiary/aromatic N) is 6. The molecule has 0 unspecified atom stereocenters. The average Bonchev–Trinajstić information content (AvgIpc) is 3.44. The SMILES string of the molecule is COc1ccc2ncc(C#N)c(Nc3ccc(Oc4cnc5ccnn5c4)c(C)c3)c2c1O[C@H]1CCN(C)CC1(F)F. The Morgan fingerprint density at radius 1 is 1.12 bits per heavy atom. The molecular formula is C30H27F2N7O3. The van der Waals surface area contributed by atoms with Gasteiger partial charge in [-0.15, -0.1) is 0 Å². The van der Waals surface area contributed by atoms with E-state index in [2.05, 4.69) is 26.5 Å². The number of methoxy groups -OCH3 is 1. The highest BCUT2D eigenvalue weighted by atomic mass is 19.3. The van der Waals surface area contributed by atoms with Gasteiger partial charge in [-0.05, 0) is 49.9 Å². The van der Waals surface area contributed by atoms with E-state index in [4.69, 9.17) is 14.2 Å². The molecule has 3 aromatic heterocycles. The lowest BCUT2D eigenvalue weighted by Crippen LogP contribution is -2.52. The molecule has 0 amide bonds. The third kappa shape index (κ3) is 5.10. The van der Waals surface area contributed by atoms with Gasteiger partial charge in [-0.1, -0.05) is 0 Å². The molecule has 0 saturated carbocycles. The van der Waals surface area contributed by atoms with E-state index in [1.165, 1.54) is 13.3 Å². The number of alkyl halides is 2. The molecule has 1 saturated heterocycles. The molecule has 12 heteroatoms. The highest BCUT2D eigenvalue weighted by Gasteiger charge is 2.46. The van der Waals surface area contributed by atoms with Crippen molar-refractivity contribution in [1.82, 2.24) is 24.5 Å². The molecule has 1 N–H and O–H groups in total. The van der Waals surface area contributed by atoms with Crippen LogP contribution < -0.4 is 19.5 Å². The third-order valence-electron chi connectivity index (χ3n) is 7.17. The molecule has 6 rings (SSSR count). The number of benzene rings is 2. The smallest absolute Gasteiger partial charge is 0.296 e. The van der Waals surface area contributed by atoms with Crippen molar-refractivity contribution < 1.29 is 23.0 Å². The molecule has 0 radical (unpaired) electrons. The zero-order chi connectivity index (χ0) is 29.4. The predicted molar refractivity (Wildman–Crippen MR) is 152 cm³/mol. The number of hydrogen-bond acceptors (Lipinski definition) is 9. The third-order valence-corrected chi connectivity index (χ3v) is 7.17. The lowest BCUT2D eigenvalue weighted by molar-refractivity contribution is -0.135. The number of nitrogens with one attached hydrogen (secondary N) is 1. The quantitative estimate of drug-likeness (QED) is 0.262. The summed E-state index contributed by atoms with van der Waals surface area (Å²) in [6.45, 7) is 1.92. The highest BCUT2D eigenvalue weighted by molar-refractivity contribution is 6.01. The number of aryl methyl sites for hydroxylation is 1. The van der Waals surface area contributed by atoms with E-state index < -0.39 is 18.6 Å². The van der Waals surface area contributed by atoms with E-state index in [9.17, 15) is 5.26 Å². The van der Waals surface area contributed by atoms with Crippen LogP contribution in [0.4, 0.5) is 20.2 Å². The summed E-state index contributed by atoms with van der Waals surface area (Å²) in [5.41, 5.74) is 3.19. The molecule has 0 spiro atoms. The molecule has 1 fully saturated rings. The number of likely N-dealkylation sites (tertiary alicyclic amines) is 1. The fraction of sp³-hybridized carbons (Fsp3) is 0.267. The zero-order valence-electron chi connectivity index (χ0n) is 23.1. The van der Waals surface area contributed by atoms with Gasteiger partial charge in [-0.2, -0.15) is 10.4 Å². The summed E-state index contributed by atoms with van der Waals surface area (Å²) in [4.78, 5) is 10.3. The Hall–Kier alpha value is -5.02. The Morgan fingerprint density at radius 3 is 2.71 bits per heavy atom. The fourth-order valence-corrected chi connectivity index (χ4v) is 5.06. The number of hydrogen-bond donors (Lipinski definition) is 1. The van der Waals surface area contributed by atoms with Gasteiger partial charge in [0, 0.05) is 30.9 Å². The van der Waals surface area contributed by atoms with Crippen LogP contribution in [0.25, 0.3) is 16.6 Å². The first-order valence-corrected chi connectivity index (χ1v) is 13.2. The lowest BCUT2D eigenvalue weighted by atomic mass is 10.0. The molecule has 2 aromatic carbocycles. The zero-order valence-corrected chi connectivity index (χ0v) is 23.1. The summed E-state index contributed by atoms with van der Waals surface area (Å²) >= 11 is 0. The van der Waals surface area contributed by atoms with Crippen LogP contribution in [-0.2, 0) is 0 Å². The normalized spacial score (nSPS) is 16.7. The summed E-state index contributed by atoms with van der Waals surface area (Å²) in [7, 11) is 3.10. The maximum absolute atomic E-state index is 15.0. The second-order valence-corrected chi connectivity index (χ2v) is 10.2. The Balaban J connectivity index is 1.37. The van der Waals surface area contributed by atoms with Crippen LogP contribution in [0.3, 0.4) is 0 Å². The van der Waals surface area contributed by atoms with Gasteiger partial charge in [0.15, 0.2) is 29.0 Å². The molecule has 10 nitrogen and oxygen atoms in total. The number of piperidine rings is 1. The first-order valence-electron chi connectivity index (χ1n) is 13.2. The van der Waals surface area contributed by atoms with E-state index in [1.807, 2.05) is 13.0 Å². The summed E-state index contributed by atoms with van der Waals surface area (Å²) in [5.74, 6) is -1.60. The van der Waals surface area contributed by atoms with Gasteiger partial charge in [-0.3, -0.25) is 4.98 Å².